The Morgan fingerprint density at radius 3 is 2.36 bits per heavy atom. The molecule has 0 aliphatic carbocycles. The number of aliphatic carboxylic acids is 1. The molecule has 0 radical (unpaired) electrons. The first-order chi connectivity index (χ1) is 20.8. The van der Waals surface area contributed by atoms with Crippen LogP contribution in [0.15, 0.2) is 64.9 Å². The van der Waals surface area contributed by atoms with Crippen LogP contribution in [0.5, 0.6) is 11.6 Å². The number of aryl methyl sites for hydroxylation is 1. The van der Waals surface area contributed by atoms with Crippen molar-refractivity contribution in [3.63, 3.8) is 0 Å². The zero-order chi connectivity index (χ0) is 31.6. The van der Waals surface area contributed by atoms with Crippen LogP contribution < -0.4 is 9.47 Å². The van der Waals surface area contributed by atoms with Gasteiger partial charge in [-0.15, -0.1) is 33.3 Å². The van der Waals surface area contributed by atoms with Crippen molar-refractivity contribution < 1.29 is 19.4 Å². The van der Waals surface area contributed by atoms with E-state index >= 15 is 0 Å². The Bertz CT molecular complexity index is 1770. The van der Waals surface area contributed by atoms with Crippen molar-refractivity contribution >= 4 is 40.0 Å². The highest BCUT2D eigenvalue weighted by Crippen LogP contribution is 2.44. The summed E-state index contributed by atoms with van der Waals surface area (Å²) < 4.78 is 13.5. The van der Waals surface area contributed by atoms with E-state index in [0.717, 1.165) is 54.8 Å². The maximum Gasteiger partial charge on any atom is 0.309 e. The van der Waals surface area contributed by atoms with Gasteiger partial charge in [0.15, 0.2) is 0 Å². The highest BCUT2D eigenvalue weighted by molar-refractivity contribution is 8.00. The molecule has 0 bridgehead atoms. The lowest BCUT2D eigenvalue weighted by Crippen LogP contribution is -2.28. The second-order valence-electron chi connectivity index (χ2n) is 12.4. The zero-order valence-corrected chi connectivity index (χ0v) is 27.8. The summed E-state index contributed by atoms with van der Waals surface area (Å²) >= 11 is 3.37. The highest BCUT2D eigenvalue weighted by Gasteiger charge is 2.33. The molecule has 0 atom stereocenters. The van der Waals surface area contributed by atoms with Gasteiger partial charge in [0.05, 0.1) is 28.9 Å². The fourth-order valence-electron chi connectivity index (χ4n) is 4.89. The number of rotatable bonds is 11. The van der Waals surface area contributed by atoms with Gasteiger partial charge < -0.3 is 19.1 Å². The predicted molar refractivity (Wildman–Crippen MR) is 177 cm³/mol. The fourth-order valence-corrected chi connectivity index (χ4v) is 6.68. The number of carboxylic acids is 1. The molecule has 10 heteroatoms. The standard InChI is InChI=1S/C34H38N4O4S2/c1-21-35-24(20-43-21)19-42-25-12-14-28-26(16-25)31(44-33(2,3)4)29(17-34(5,6)32(39)40)38(28)18-22-8-10-23(11-9-22)27-13-15-30(41-7)37-36-27/h8-16,20H,17-19H2,1-7H3,(H,39,40). The van der Waals surface area contributed by atoms with E-state index in [4.69, 9.17) is 9.47 Å². The first-order valence-corrected chi connectivity index (χ1v) is 16.1. The van der Waals surface area contributed by atoms with E-state index in [1.807, 2.05) is 36.6 Å². The van der Waals surface area contributed by atoms with E-state index in [2.05, 4.69) is 64.8 Å². The SMILES string of the molecule is COc1ccc(-c2ccc(Cn3c(CC(C)(C)C(=O)O)c(SC(C)(C)C)c4cc(OCc5csc(C)n5)ccc43)cc2)nn1. The Kier molecular flexibility index (Phi) is 9.04. The number of thioether (sulfide) groups is 1. The van der Waals surface area contributed by atoms with Crippen LogP contribution in [0.25, 0.3) is 22.2 Å². The minimum absolute atomic E-state index is 0.0999. The van der Waals surface area contributed by atoms with Crippen molar-refractivity contribution in [1.29, 1.82) is 0 Å². The van der Waals surface area contributed by atoms with Crippen LogP contribution >= 0.6 is 23.1 Å². The zero-order valence-electron chi connectivity index (χ0n) is 26.2. The van der Waals surface area contributed by atoms with Gasteiger partial charge >= 0.3 is 5.97 Å². The number of methoxy groups -OCH3 is 1. The average molecular weight is 631 g/mol. The molecule has 44 heavy (non-hydrogen) atoms. The molecule has 1 N–H and O–H groups in total. The Morgan fingerprint density at radius 1 is 1.02 bits per heavy atom. The van der Waals surface area contributed by atoms with Gasteiger partial charge in [0.25, 0.3) is 0 Å². The number of carbonyl (C=O) groups is 1. The molecule has 230 valence electrons. The maximum atomic E-state index is 12.3. The number of hydrogen-bond donors (Lipinski definition) is 1. The third-order valence-corrected chi connectivity index (χ3v) is 9.28. The number of ether oxygens (including phenoxy) is 2. The van der Waals surface area contributed by atoms with Gasteiger partial charge in [-0.2, -0.15) is 0 Å². The molecule has 0 aliphatic rings. The lowest BCUT2D eigenvalue weighted by molar-refractivity contribution is -0.146. The van der Waals surface area contributed by atoms with Crippen LogP contribution in [-0.2, 0) is 24.4 Å². The molecule has 0 amide bonds. The number of fused-ring (bicyclic) bond motifs is 1. The Labute approximate surface area is 266 Å². The molecule has 0 unspecified atom stereocenters. The van der Waals surface area contributed by atoms with Crippen LogP contribution in [0.2, 0.25) is 0 Å². The van der Waals surface area contributed by atoms with Gasteiger partial charge in [0.2, 0.25) is 5.88 Å². The van der Waals surface area contributed by atoms with Crippen LogP contribution in [-0.4, -0.2) is 42.7 Å². The van der Waals surface area contributed by atoms with Gasteiger partial charge in [0.1, 0.15) is 12.4 Å². The molecule has 0 aliphatic heterocycles. The lowest BCUT2D eigenvalue weighted by atomic mass is 9.88. The van der Waals surface area contributed by atoms with Crippen LogP contribution in [0, 0.1) is 12.3 Å². The third kappa shape index (κ3) is 7.25. The Hall–Kier alpha value is -3.89. The quantitative estimate of drug-likeness (QED) is 0.146. The molecule has 8 nitrogen and oxygen atoms in total. The summed E-state index contributed by atoms with van der Waals surface area (Å²) in [5.74, 6) is 0.399. The maximum absolute atomic E-state index is 12.3. The van der Waals surface area contributed by atoms with E-state index in [-0.39, 0.29) is 4.75 Å². The molecule has 3 aromatic heterocycles. The van der Waals surface area contributed by atoms with E-state index in [1.165, 1.54) is 0 Å². The molecular weight excluding hydrogens is 593 g/mol. The summed E-state index contributed by atoms with van der Waals surface area (Å²) in [5.41, 5.74) is 4.79. The van der Waals surface area contributed by atoms with E-state index in [1.54, 1.807) is 50.1 Å². The second kappa shape index (κ2) is 12.6. The largest absolute Gasteiger partial charge is 0.487 e. The number of thiazole rings is 1. The van der Waals surface area contributed by atoms with Crippen LogP contribution in [0.3, 0.4) is 0 Å². The van der Waals surface area contributed by atoms with Crippen molar-refractivity contribution in [2.45, 2.75) is 70.8 Å². The number of aromatic nitrogens is 4. The topological polar surface area (TPSA) is 99.4 Å². The first-order valence-electron chi connectivity index (χ1n) is 14.4. The molecule has 0 spiro atoms. The Morgan fingerprint density at radius 2 is 1.77 bits per heavy atom. The predicted octanol–water partition coefficient (Wildman–Crippen LogP) is 8.04. The number of carboxylic acid groups (broad SMARTS) is 1. The van der Waals surface area contributed by atoms with Crippen molar-refractivity contribution in [1.82, 2.24) is 19.7 Å². The van der Waals surface area contributed by atoms with Gasteiger partial charge in [-0.1, -0.05) is 45.0 Å². The molecule has 0 fully saturated rings. The molecule has 0 saturated heterocycles. The van der Waals surface area contributed by atoms with Crippen molar-refractivity contribution in [3.8, 4) is 22.9 Å². The van der Waals surface area contributed by atoms with Crippen molar-refractivity contribution in [2.75, 3.05) is 7.11 Å². The average Bonchev–Trinajstić information content (AvgIpc) is 3.51. The summed E-state index contributed by atoms with van der Waals surface area (Å²) in [6, 6.07) is 18.1. The molecular formula is C34H38N4O4S2. The highest BCUT2D eigenvalue weighted by atomic mass is 32.2. The summed E-state index contributed by atoms with van der Waals surface area (Å²) in [4.78, 5) is 17.9. The van der Waals surface area contributed by atoms with E-state index in [9.17, 15) is 9.90 Å². The molecule has 3 heterocycles. The van der Waals surface area contributed by atoms with Crippen molar-refractivity contribution in [2.24, 2.45) is 5.41 Å². The normalized spacial score (nSPS) is 12.1. The molecule has 5 aromatic rings. The van der Waals surface area contributed by atoms with Crippen LogP contribution in [0.1, 0.15) is 56.6 Å². The molecule has 5 rings (SSSR count). The van der Waals surface area contributed by atoms with Gasteiger partial charge in [0, 0.05) is 56.2 Å². The first kappa shape index (κ1) is 31.5. The lowest BCUT2D eigenvalue weighted by Gasteiger charge is -2.24. The van der Waals surface area contributed by atoms with E-state index < -0.39 is 11.4 Å². The van der Waals surface area contributed by atoms with Gasteiger partial charge in [-0.3, -0.25) is 4.79 Å². The number of nitrogens with zero attached hydrogens (tertiary/aromatic N) is 4. The van der Waals surface area contributed by atoms with E-state index in [0.29, 0.717) is 25.5 Å². The third-order valence-electron chi connectivity index (χ3n) is 7.18. The molecule has 0 saturated carbocycles. The summed E-state index contributed by atoms with van der Waals surface area (Å²) in [6.45, 7) is 13.1. The minimum atomic E-state index is -0.960. The van der Waals surface area contributed by atoms with Gasteiger partial charge in [-0.25, -0.2) is 4.98 Å². The van der Waals surface area contributed by atoms with Crippen molar-refractivity contribution in [3.05, 3.63) is 81.9 Å². The minimum Gasteiger partial charge on any atom is -0.487 e. The number of benzene rings is 2. The Balaban J connectivity index is 1.57. The molecule has 2 aromatic carbocycles. The summed E-state index contributed by atoms with van der Waals surface area (Å²) in [6.07, 6.45) is 0.378. The second-order valence-corrected chi connectivity index (χ2v) is 15.3. The fraction of sp³-hybridized carbons (Fsp3) is 0.353. The number of hydrogen-bond acceptors (Lipinski definition) is 8. The summed E-state index contributed by atoms with van der Waals surface area (Å²) in [7, 11) is 1.57. The summed E-state index contributed by atoms with van der Waals surface area (Å²) in [5, 5.41) is 22.6. The van der Waals surface area contributed by atoms with Crippen LogP contribution in [0.4, 0.5) is 0 Å². The van der Waals surface area contributed by atoms with Gasteiger partial charge in [-0.05, 0) is 50.6 Å². The smallest absolute Gasteiger partial charge is 0.309 e. The monoisotopic (exact) mass is 630 g/mol.